The van der Waals surface area contributed by atoms with Crippen molar-refractivity contribution in [3.63, 3.8) is 0 Å². The minimum Gasteiger partial charge on any atom is -0.496 e. The number of ether oxygens (including phenoxy) is 2. The summed E-state index contributed by atoms with van der Waals surface area (Å²) in [5.41, 5.74) is 0.277. The number of carbonyl (C=O) groups excluding carboxylic acids is 2. The summed E-state index contributed by atoms with van der Waals surface area (Å²) in [6.45, 7) is 4.91. The first-order valence-corrected chi connectivity index (χ1v) is 5.87. The largest absolute Gasteiger partial charge is 0.496 e. The van der Waals surface area contributed by atoms with E-state index in [1.807, 2.05) is 6.92 Å². The van der Waals surface area contributed by atoms with Crippen molar-refractivity contribution in [3.05, 3.63) is 23.8 Å². The number of nitrogens with one attached hydrogen (secondary N) is 1. The quantitative estimate of drug-likeness (QED) is 0.669. The highest BCUT2D eigenvalue weighted by atomic mass is 16.5. The molecule has 0 aliphatic heterocycles. The van der Waals surface area contributed by atoms with Gasteiger partial charge in [0.25, 0.3) is 0 Å². The maximum Gasteiger partial charge on any atom is 0.320 e. The lowest BCUT2D eigenvalue weighted by atomic mass is 9.92. The van der Waals surface area contributed by atoms with Crippen LogP contribution in [0.5, 0.6) is 5.75 Å². The van der Waals surface area contributed by atoms with E-state index in [1.165, 1.54) is 21.0 Å². The standard InChI is InChI=1S/C14H19NO4/c1-9-8-10(6-7-11(9)18-4)15-12(16)14(2,3)13(17)19-5/h6-8H,1-5H3,(H,15,16). The number of hydrogen-bond acceptors (Lipinski definition) is 4. The lowest BCUT2D eigenvalue weighted by Crippen LogP contribution is -2.38. The number of esters is 1. The monoisotopic (exact) mass is 265 g/mol. The molecule has 0 aliphatic carbocycles. The molecule has 0 bridgehead atoms. The van der Waals surface area contributed by atoms with Gasteiger partial charge in [-0.15, -0.1) is 0 Å². The molecule has 1 aromatic carbocycles. The Morgan fingerprint density at radius 1 is 1.21 bits per heavy atom. The third kappa shape index (κ3) is 3.24. The smallest absolute Gasteiger partial charge is 0.320 e. The molecule has 0 atom stereocenters. The molecule has 1 aromatic rings. The molecule has 0 saturated carbocycles. The van der Waals surface area contributed by atoms with Gasteiger partial charge in [-0.05, 0) is 44.5 Å². The number of carbonyl (C=O) groups is 2. The maximum absolute atomic E-state index is 12.1. The Morgan fingerprint density at radius 3 is 2.32 bits per heavy atom. The zero-order chi connectivity index (χ0) is 14.6. The third-order valence-electron chi connectivity index (χ3n) is 2.92. The second-order valence-corrected chi connectivity index (χ2v) is 4.76. The summed E-state index contributed by atoms with van der Waals surface area (Å²) in [5, 5.41) is 2.69. The van der Waals surface area contributed by atoms with E-state index >= 15 is 0 Å². The van der Waals surface area contributed by atoms with E-state index in [1.54, 1.807) is 25.3 Å². The van der Waals surface area contributed by atoms with Crippen LogP contribution in [0.1, 0.15) is 19.4 Å². The highest BCUT2D eigenvalue weighted by molar-refractivity contribution is 6.08. The van der Waals surface area contributed by atoms with Crippen LogP contribution in [0.2, 0.25) is 0 Å². The molecule has 0 aromatic heterocycles. The average Bonchev–Trinajstić information content (AvgIpc) is 2.37. The van der Waals surface area contributed by atoms with E-state index in [-0.39, 0.29) is 0 Å². The second kappa shape index (κ2) is 5.73. The summed E-state index contributed by atoms with van der Waals surface area (Å²) in [6.07, 6.45) is 0. The van der Waals surface area contributed by atoms with Crippen molar-refractivity contribution in [2.24, 2.45) is 5.41 Å². The van der Waals surface area contributed by atoms with Crippen LogP contribution in [0.25, 0.3) is 0 Å². The number of rotatable bonds is 4. The third-order valence-corrected chi connectivity index (χ3v) is 2.92. The number of hydrogen-bond donors (Lipinski definition) is 1. The Hall–Kier alpha value is -2.04. The van der Waals surface area contributed by atoms with Gasteiger partial charge in [0.2, 0.25) is 5.91 Å². The lowest BCUT2D eigenvalue weighted by Gasteiger charge is -2.20. The zero-order valence-corrected chi connectivity index (χ0v) is 11.9. The summed E-state index contributed by atoms with van der Waals surface area (Å²) in [7, 11) is 2.84. The number of methoxy groups -OCH3 is 2. The van der Waals surface area contributed by atoms with Gasteiger partial charge >= 0.3 is 5.97 Å². The van der Waals surface area contributed by atoms with Crippen molar-refractivity contribution in [2.75, 3.05) is 19.5 Å². The van der Waals surface area contributed by atoms with Crippen molar-refractivity contribution in [1.29, 1.82) is 0 Å². The highest BCUT2D eigenvalue weighted by Gasteiger charge is 2.37. The van der Waals surface area contributed by atoms with Gasteiger partial charge in [0, 0.05) is 5.69 Å². The van der Waals surface area contributed by atoms with Gasteiger partial charge in [-0.3, -0.25) is 9.59 Å². The normalized spacial score (nSPS) is 10.8. The molecule has 0 radical (unpaired) electrons. The van der Waals surface area contributed by atoms with Crippen LogP contribution in [0.3, 0.4) is 0 Å². The molecule has 5 nitrogen and oxygen atoms in total. The van der Waals surface area contributed by atoms with Crippen molar-refractivity contribution in [3.8, 4) is 5.75 Å². The van der Waals surface area contributed by atoms with Crippen LogP contribution in [-0.4, -0.2) is 26.1 Å². The van der Waals surface area contributed by atoms with Crippen molar-refractivity contribution >= 4 is 17.6 Å². The average molecular weight is 265 g/mol. The van der Waals surface area contributed by atoms with Gasteiger partial charge in [0.15, 0.2) is 0 Å². The molecular weight excluding hydrogens is 246 g/mol. The SMILES string of the molecule is COC(=O)C(C)(C)C(=O)Nc1ccc(OC)c(C)c1. The Labute approximate surface area is 112 Å². The van der Waals surface area contributed by atoms with Crippen LogP contribution in [-0.2, 0) is 14.3 Å². The molecule has 0 saturated heterocycles. The lowest BCUT2D eigenvalue weighted by molar-refractivity contribution is -0.154. The molecule has 5 heteroatoms. The summed E-state index contributed by atoms with van der Waals surface area (Å²) in [5.74, 6) is -0.246. The van der Waals surface area contributed by atoms with Crippen LogP contribution < -0.4 is 10.1 Å². The van der Waals surface area contributed by atoms with Gasteiger partial charge in [-0.2, -0.15) is 0 Å². The van der Waals surface area contributed by atoms with Crippen molar-refractivity contribution in [1.82, 2.24) is 0 Å². The molecule has 0 spiro atoms. The molecule has 19 heavy (non-hydrogen) atoms. The molecular formula is C14H19NO4. The summed E-state index contributed by atoms with van der Waals surface area (Å²) in [6, 6.07) is 5.26. The molecule has 0 unspecified atom stereocenters. The van der Waals surface area contributed by atoms with Crippen LogP contribution in [0.15, 0.2) is 18.2 Å². The minimum atomic E-state index is -1.23. The van der Waals surface area contributed by atoms with Crippen LogP contribution in [0, 0.1) is 12.3 Å². The maximum atomic E-state index is 12.1. The number of anilines is 1. The Bertz CT molecular complexity index is 494. The van der Waals surface area contributed by atoms with Gasteiger partial charge in [0.1, 0.15) is 11.2 Å². The first kappa shape index (κ1) is 15.0. The first-order valence-electron chi connectivity index (χ1n) is 5.87. The van der Waals surface area contributed by atoms with Crippen LogP contribution >= 0.6 is 0 Å². The highest BCUT2D eigenvalue weighted by Crippen LogP contribution is 2.24. The molecule has 1 rings (SSSR count). The first-order chi connectivity index (χ1) is 8.82. The summed E-state index contributed by atoms with van der Waals surface area (Å²) >= 11 is 0. The Morgan fingerprint density at radius 2 is 1.84 bits per heavy atom. The number of benzene rings is 1. The summed E-state index contributed by atoms with van der Waals surface area (Å²) in [4.78, 5) is 23.6. The second-order valence-electron chi connectivity index (χ2n) is 4.76. The molecule has 104 valence electrons. The topological polar surface area (TPSA) is 64.6 Å². The van der Waals surface area contributed by atoms with Gasteiger partial charge in [-0.25, -0.2) is 0 Å². The molecule has 0 aliphatic rings. The molecule has 0 heterocycles. The van der Waals surface area contributed by atoms with Crippen LogP contribution in [0.4, 0.5) is 5.69 Å². The molecule has 0 fully saturated rings. The Balaban J connectivity index is 2.88. The van der Waals surface area contributed by atoms with Gasteiger partial charge in [0.05, 0.1) is 14.2 Å². The predicted molar refractivity (Wildman–Crippen MR) is 72.2 cm³/mol. The van der Waals surface area contributed by atoms with E-state index in [4.69, 9.17) is 4.74 Å². The fraction of sp³-hybridized carbons (Fsp3) is 0.429. The van der Waals surface area contributed by atoms with E-state index in [2.05, 4.69) is 10.1 Å². The van der Waals surface area contributed by atoms with E-state index in [0.717, 1.165) is 11.3 Å². The van der Waals surface area contributed by atoms with E-state index < -0.39 is 17.3 Å². The molecule has 1 amide bonds. The Kier molecular flexibility index (Phi) is 4.53. The number of amides is 1. The van der Waals surface area contributed by atoms with Gasteiger partial charge in [-0.1, -0.05) is 0 Å². The number of aryl methyl sites for hydroxylation is 1. The fourth-order valence-electron chi connectivity index (χ4n) is 1.59. The fourth-order valence-corrected chi connectivity index (χ4v) is 1.59. The minimum absolute atomic E-state index is 0.413. The summed E-state index contributed by atoms with van der Waals surface area (Å²) < 4.78 is 9.76. The van der Waals surface area contributed by atoms with E-state index in [9.17, 15) is 9.59 Å². The van der Waals surface area contributed by atoms with E-state index in [0.29, 0.717) is 5.69 Å². The zero-order valence-electron chi connectivity index (χ0n) is 11.9. The predicted octanol–water partition coefficient (Wildman–Crippen LogP) is 2.14. The molecule has 1 N–H and O–H groups in total. The van der Waals surface area contributed by atoms with Crippen molar-refractivity contribution in [2.45, 2.75) is 20.8 Å². The van der Waals surface area contributed by atoms with Gasteiger partial charge < -0.3 is 14.8 Å². The van der Waals surface area contributed by atoms with Crippen molar-refractivity contribution < 1.29 is 19.1 Å².